The molecule has 9 rings (SSSR count). The number of nitrogens with zero attached hydrogens (tertiary/aromatic N) is 3. The molecule has 3 heterocycles. The van der Waals surface area contributed by atoms with Crippen LogP contribution in [0, 0.1) is 26.8 Å². The van der Waals surface area contributed by atoms with E-state index in [1.54, 1.807) is 0 Å². The summed E-state index contributed by atoms with van der Waals surface area (Å²) >= 11 is 0. The molecule has 0 saturated heterocycles. The van der Waals surface area contributed by atoms with Gasteiger partial charge in [0, 0.05) is 74.0 Å². The maximum Gasteiger partial charge on any atom is 0.295 e. The van der Waals surface area contributed by atoms with Crippen molar-refractivity contribution in [2.45, 2.75) is 93.3 Å². The molecular weight excluding hydrogens is 864 g/mol. The number of para-hydroxylation sites is 2. The number of ether oxygens (including phenoxy) is 3. The molecule has 3 atom stereocenters. The number of fused-ring (bicyclic) bond motifs is 6. The standard InChI is InChI=1S/2C17H17NO2.C17H16NO2.C2H6.Y/c3*1-12-6-5-9-17-15(12)10-14-7-3-4-8-16(14)18(17)13(2)20-11-19;1-2;/h2*3-9,11,13H,10H2,1-2H3;3,5-9,11,13H,10H2,1-2H3;1-2H3;/q;;-1;;. The largest absolute Gasteiger partial charge is 0.445 e. The minimum atomic E-state index is -0.345. The molecule has 0 aliphatic carbocycles. The molecule has 6 aromatic carbocycles. The van der Waals surface area contributed by atoms with Gasteiger partial charge in [-0.05, 0) is 123 Å². The summed E-state index contributed by atoms with van der Waals surface area (Å²) in [6.07, 6.45) is 1.74. The second-order valence-electron chi connectivity index (χ2n) is 15.2. The average molecular weight is 920 g/mol. The van der Waals surface area contributed by atoms with Crippen molar-refractivity contribution < 1.29 is 61.3 Å². The maximum absolute atomic E-state index is 10.7. The van der Waals surface area contributed by atoms with E-state index >= 15 is 0 Å². The van der Waals surface area contributed by atoms with Crippen molar-refractivity contribution in [2.75, 3.05) is 14.7 Å². The van der Waals surface area contributed by atoms with Gasteiger partial charge in [-0.1, -0.05) is 92.3 Å². The van der Waals surface area contributed by atoms with Gasteiger partial charge in [-0.3, -0.25) is 14.4 Å². The Morgan fingerprint density at radius 3 is 1.14 bits per heavy atom. The van der Waals surface area contributed by atoms with Crippen molar-refractivity contribution >= 4 is 53.5 Å². The summed E-state index contributed by atoms with van der Waals surface area (Å²) in [6.45, 7) is 17.5. The molecule has 0 fully saturated rings. The summed E-state index contributed by atoms with van der Waals surface area (Å²) in [5.41, 5.74) is 18.0. The van der Waals surface area contributed by atoms with Gasteiger partial charge in [0.05, 0.1) is 0 Å². The predicted molar refractivity (Wildman–Crippen MR) is 248 cm³/mol. The Morgan fingerprint density at radius 1 is 0.460 bits per heavy atom. The number of carbonyl (C=O) groups excluding carboxylic acids is 3. The third-order valence-corrected chi connectivity index (χ3v) is 11.6. The SMILES string of the molecule is CC.Cc1cccc2c1Cc1cc[c-]cc1N2C(C)OC=O.Cc1cccc2c1Cc1ccccc1N2C(C)OC=O.Cc1cccc2c1Cc1ccccc1N2C(C)OC=O.[Y]. The summed E-state index contributed by atoms with van der Waals surface area (Å²) in [7, 11) is 0. The van der Waals surface area contributed by atoms with Gasteiger partial charge in [0.2, 0.25) is 0 Å². The molecule has 3 unspecified atom stereocenters. The first-order valence-corrected chi connectivity index (χ1v) is 21.2. The Labute approximate surface area is 397 Å². The molecule has 6 aromatic rings. The van der Waals surface area contributed by atoms with E-state index in [2.05, 4.69) is 108 Å². The molecule has 0 spiro atoms. The van der Waals surface area contributed by atoms with Crippen molar-refractivity contribution in [3.05, 3.63) is 177 Å². The Bertz CT molecular complexity index is 2230. The molecule has 0 amide bonds. The smallest absolute Gasteiger partial charge is 0.295 e. The Morgan fingerprint density at radius 2 is 0.778 bits per heavy atom. The molecule has 0 N–H and O–H groups in total. The Balaban J connectivity index is 0.000000173. The van der Waals surface area contributed by atoms with E-state index in [9.17, 15) is 14.4 Å². The molecule has 0 saturated carbocycles. The van der Waals surface area contributed by atoms with E-state index in [0.717, 1.165) is 53.4 Å². The van der Waals surface area contributed by atoms with Gasteiger partial charge in [-0.25, -0.2) is 0 Å². The molecule has 323 valence electrons. The monoisotopic (exact) mass is 919 g/mol. The minimum Gasteiger partial charge on any atom is -0.445 e. The zero-order valence-corrected chi connectivity index (χ0v) is 40.3. The number of hydrogen-bond donors (Lipinski definition) is 0. The fourth-order valence-electron chi connectivity index (χ4n) is 8.61. The maximum atomic E-state index is 10.7. The van der Waals surface area contributed by atoms with Gasteiger partial charge in [-0.2, -0.15) is 24.3 Å². The predicted octanol–water partition coefficient (Wildman–Crippen LogP) is 11.5. The van der Waals surface area contributed by atoms with Crippen LogP contribution in [0.5, 0.6) is 0 Å². The van der Waals surface area contributed by atoms with Crippen LogP contribution in [-0.2, 0) is 80.6 Å². The third-order valence-electron chi connectivity index (χ3n) is 11.6. The van der Waals surface area contributed by atoms with E-state index in [-0.39, 0.29) is 51.4 Å². The second kappa shape index (κ2) is 22.5. The molecule has 1 radical (unpaired) electrons. The van der Waals surface area contributed by atoms with Gasteiger partial charge >= 0.3 is 0 Å². The van der Waals surface area contributed by atoms with Crippen LogP contribution in [-0.4, -0.2) is 38.1 Å². The van der Waals surface area contributed by atoms with Crippen LogP contribution in [0.25, 0.3) is 0 Å². The normalized spacial score (nSPS) is 13.6. The number of anilines is 6. The minimum absolute atomic E-state index is 0. The summed E-state index contributed by atoms with van der Waals surface area (Å²) in [4.78, 5) is 38.3. The second-order valence-corrected chi connectivity index (χ2v) is 15.2. The van der Waals surface area contributed by atoms with Gasteiger partial charge in [0.25, 0.3) is 19.4 Å². The van der Waals surface area contributed by atoms with E-state index in [0.29, 0.717) is 19.4 Å². The van der Waals surface area contributed by atoms with Crippen LogP contribution in [0.4, 0.5) is 34.1 Å². The van der Waals surface area contributed by atoms with Crippen LogP contribution in [0.15, 0.2) is 121 Å². The fraction of sp³-hybridized carbons (Fsp3) is 0.264. The molecular formula is C53H56N3O6Y-. The van der Waals surface area contributed by atoms with E-state index < -0.39 is 0 Å². The third kappa shape index (κ3) is 10.4. The zero-order chi connectivity index (χ0) is 44.3. The number of aryl methyl sites for hydroxylation is 3. The number of carbonyl (C=O) groups is 3. The summed E-state index contributed by atoms with van der Waals surface area (Å²) in [6, 6.07) is 44.3. The van der Waals surface area contributed by atoms with E-state index in [4.69, 9.17) is 14.2 Å². The van der Waals surface area contributed by atoms with Gasteiger partial charge in [-0.15, -0.1) is 5.56 Å². The van der Waals surface area contributed by atoms with Gasteiger partial charge in [0.15, 0.2) is 18.7 Å². The van der Waals surface area contributed by atoms with Crippen molar-refractivity contribution in [1.82, 2.24) is 0 Å². The van der Waals surface area contributed by atoms with Crippen LogP contribution in [0.1, 0.15) is 84.7 Å². The molecule has 10 heteroatoms. The number of benzene rings is 6. The summed E-state index contributed by atoms with van der Waals surface area (Å²) in [5, 5.41) is 0. The Kier molecular flexibility index (Phi) is 17.3. The average Bonchev–Trinajstić information content (AvgIpc) is 3.29. The van der Waals surface area contributed by atoms with Crippen LogP contribution in [0.2, 0.25) is 0 Å². The molecule has 9 nitrogen and oxygen atoms in total. The first-order chi connectivity index (χ1) is 30.2. The Hall–Kier alpha value is -5.77. The topological polar surface area (TPSA) is 88.6 Å². The van der Waals surface area contributed by atoms with Crippen LogP contribution < -0.4 is 14.7 Å². The van der Waals surface area contributed by atoms with Crippen molar-refractivity contribution in [3.63, 3.8) is 0 Å². The molecule has 3 aliphatic heterocycles. The quantitative estimate of drug-likeness (QED) is 0.0799. The van der Waals surface area contributed by atoms with Crippen molar-refractivity contribution in [3.8, 4) is 0 Å². The van der Waals surface area contributed by atoms with Gasteiger partial charge < -0.3 is 28.9 Å². The van der Waals surface area contributed by atoms with Gasteiger partial charge in [0.1, 0.15) is 0 Å². The van der Waals surface area contributed by atoms with E-state index in [1.165, 1.54) is 50.1 Å². The molecule has 0 bridgehead atoms. The molecule has 3 aliphatic rings. The first kappa shape index (κ1) is 48.3. The van der Waals surface area contributed by atoms with Crippen molar-refractivity contribution in [1.29, 1.82) is 0 Å². The molecule has 0 aromatic heterocycles. The van der Waals surface area contributed by atoms with E-state index in [1.807, 2.05) is 89.2 Å². The summed E-state index contributed by atoms with van der Waals surface area (Å²) in [5.74, 6) is 0. The number of rotatable bonds is 9. The number of hydrogen-bond acceptors (Lipinski definition) is 9. The van der Waals surface area contributed by atoms with Crippen molar-refractivity contribution in [2.24, 2.45) is 0 Å². The van der Waals surface area contributed by atoms with Crippen LogP contribution >= 0.6 is 0 Å². The molecule has 63 heavy (non-hydrogen) atoms. The fourth-order valence-corrected chi connectivity index (χ4v) is 8.61. The first-order valence-electron chi connectivity index (χ1n) is 21.2. The summed E-state index contributed by atoms with van der Waals surface area (Å²) < 4.78 is 15.5. The van der Waals surface area contributed by atoms with Crippen LogP contribution in [0.3, 0.4) is 0 Å². The zero-order valence-electron chi connectivity index (χ0n) is 37.5.